The van der Waals surface area contributed by atoms with Crippen LogP contribution in [0, 0.1) is 0 Å². The molecule has 2 aliphatic heterocycles. The molecule has 0 saturated carbocycles. The largest absolute Gasteiger partial charge is 0.310 e. The van der Waals surface area contributed by atoms with Gasteiger partial charge in [0.05, 0.1) is 33.3 Å². The fourth-order valence-electron chi connectivity index (χ4n) is 14.3. The fourth-order valence-corrected chi connectivity index (χ4v) is 14.3. The van der Waals surface area contributed by atoms with Crippen molar-refractivity contribution in [3.05, 3.63) is 217 Å². The van der Waals surface area contributed by atoms with Crippen LogP contribution in [-0.4, -0.2) is 20.4 Å². The molecular formula is C72H52BN3. The van der Waals surface area contributed by atoms with Gasteiger partial charge in [-0.15, -0.1) is 0 Å². The normalized spacial score (nSPS) is 13.4. The van der Waals surface area contributed by atoms with E-state index < -0.39 is 0 Å². The predicted molar refractivity (Wildman–Crippen MR) is 324 cm³/mol. The fraction of sp³-hybridized carbons (Fsp3) is 0.111. The van der Waals surface area contributed by atoms with Crippen molar-refractivity contribution in [1.82, 2.24) is 13.7 Å². The zero-order chi connectivity index (χ0) is 50.7. The van der Waals surface area contributed by atoms with E-state index in [-0.39, 0.29) is 17.5 Å². The molecule has 0 saturated heterocycles. The lowest BCUT2D eigenvalue weighted by Crippen LogP contribution is -2.59. The maximum Gasteiger partial charge on any atom is 0.252 e. The van der Waals surface area contributed by atoms with E-state index in [0.29, 0.717) is 0 Å². The molecule has 0 unspecified atom stereocenters. The van der Waals surface area contributed by atoms with Gasteiger partial charge >= 0.3 is 0 Å². The molecule has 1 aliphatic carbocycles. The minimum Gasteiger partial charge on any atom is -0.310 e. The number of rotatable bonds is 3. The molecule has 17 rings (SSSR count). The predicted octanol–water partition coefficient (Wildman–Crippen LogP) is 16.9. The summed E-state index contributed by atoms with van der Waals surface area (Å²) in [5.74, 6) is 0. The summed E-state index contributed by atoms with van der Waals surface area (Å²) in [4.78, 5) is 0. The molecule has 3 nitrogen and oxygen atoms in total. The molecule has 3 aromatic heterocycles. The van der Waals surface area contributed by atoms with Gasteiger partial charge in [-0.3, -0.25) is 0 Å². The summed E-state index contributed by atoms with van der Waals surface area (Å²) in [5.41, 5.74) is 28.0. The van der Waals surface area contributed by atoms with Crippen molar-refractivity contribution in [1.29, 1.82) is 0 Å². The Morgan fingerprint density at radius 3 is 1.47 bits per heavy atom. The van der Waals surface area contributed by atoms with Crippen LogP contribution in [0.4, 0.5) is 0 Å². The number of hydrogen-bond donors (Lipinski definition) is 0. The zero-order valence-corrected chi connectivity index (χ0v) is 43.5. The van der Waals surface area contributed by atoms with Gasteiger partial charge in [-0.05, 0) is 154 Å². The van der Waals surface area contributed by atoms with Crippen molar-refractivity contribution >= 4 is 99.3 Å². The summed E-state index contributed by atoms with van der Waals surface area (Å²) in [6.45, 7) is 14.2. The zero-order valence-electron chi connectivity index (χ0n) is 43.5. The van der Waals surface area contributed by atoms with Crippen LogP contribution < -0.4 is 16.4 Å². The summed E-state index contributed by atoms with van der Waals surface area (Å²) >= 11 is 0. The van der Waals surface area contributed by atoms with Crippen molar-refractivity contribution in [2.75, 3.05) is 0 Å². The van der Waals surface area contributed by atoms with E-state index in [4.69, 9.17) is 0 Å². The smallest absolute Gasteiger partial charge is 0.252 e. The Balaban J connectivity index is 1.07. The third-order valence-corrected chi connectivity index (χ3v) is 17.8. The molecule has 0 N–H and O–H groups in total. The monoisotopic (exact) mass is 969 g/mol. The Labute approximate surface area is 442 Å². The average molecular weight is 970 g/mol. The Kier molecular flexibility index (Phi) is 8.11. The van der Waals surface area contributed by atoms with Crippen molar-refractivity contribution in [3.63, 3.8) is 0 Å². The molecule has 76 heavy (non-hydrogen) atoms. The van der Waals surface area contributed by atoms with Crippen LogP contribution in [0.15, 0.2) is 206 Å². The van der Waals surface area contributed by atoms with Gasteiger partial charge in [-0.2, -0.15) is 0 Å². The van der Waals surface area contributed by atoms with E-state index in [0.717, 1.165) is 5.69 Å². The Hall–Kier alpha value is -8.86. The minimum atomic E-state index is -0.0817. The molecule has 3 aliphatic rings. The first-order valence-electron chi connectivity index (χ1n) is 27.1. The summed E-state index contributed by atoms with van der Waals surface area (Å²) in [5, 5.41) is 10.5. The van der Waals surface area contributed by atoms with Crippen LogP contribution in [0.2, 0.25) is 0 Å². The van der Waals surface area contributed by atoms with Crippen LogP contribution >= 0.6 is 0 Å². The van der Waals surface area contributed by atoms with E-state index in [9.17, 15) is 0 Å². The molecule has 358 valence electrons. The van der Waals surface area contributed by atoms with E-state index in [1.807, 2.05) is 0 Å². The number of hydrogen-bond acceptors (Lipinski definition) is 0. The van der Waals surface area contributed by atoms with Crippen LogP contribution in [0.3, 0.4) is 0 Å². The number of benzene rings is 11. The van der Waals surface area contributed by atoms with Crippen LogP contribution in [0.25, 0.3) is 138 Å². The lowest BCUT2D eigenvalue weighted by atomic mass is 9.34. The van der Waals surface area contributed by atoms with Gasteiger partial charge in [0.25, 0.3) is 6.71 Å². The first-order chi connectivity index (χ1) is 37.0. The molecule has 5 heterocycles. The highest BCUT2D eigenvalue weighted by atomic mass is 15.1. The molecule has 0 amide bonds. The molecule has 11 aromatic carbocycles. The molecule has 0 radical (unpaired) electrons. The summed E-state index contributed by atoms with van der Waals surface area (Å²) in [6, 6.07) is 79.3. The maximum absolute atomic E-state index is 2.70. The van der Waals surface area contributed by atoms with Gasteiger partial charge < -0.3 is 13.7 Å². The summed E-state index contributed by atoms with van der Waals surface area (Å²) < 4.78 is 7.94. The topological polar surface area (TPSA) is 14.8 Å². The second kappa shape index (κ2) is 14.5. The van der Waals surface area contributed by atoms with E-state index in [1.165, 1.54) is 160 Å². The standard InChI is InChI=1S/C72H52BN3/c1-71(2,3)46-29-32-61-55(36-46)56-37-47(72(4,5)6)38-58-69(56)75(61)63-39-48(74-59-30-27-43(41-17-9-7-10-18-41)33-53(59)54-34-44(28-31-60(54)74)42-19-11-8-12-20-42)40-64-68(63)73(58)57-35-45-21-15-24-51-49-22-13-14-23-50(49)52-25-16-26-62-66(52)67(65(45)51)70(57)76(62)64/h7-40H,1-6H3. The number of aromatic nitrogens is 3. The van der Waals surface area contributed by atoms with Gasteiger partial charge in [0, 0.05) is 49.2 Å². The highest BCUT2D eigenvalue weighted by Gasteiger charge is 2.43. The Morgan fingerprint density at radius 1 is 0.329 bits per heavy atom. The molecule has 14 aromatic rings. The third-order valence-electron chi connectivity index (χ3n) is 17.8. The maximum atomic E-state index is 2.70. The van der Waals surface area contributed by atoms with E-state index in [1.54, 1.807) is 0 Å². The average Bonchev–Trinajstić information content (AvgIpc) is 4.08. The highest BCUT2D eigenvalue weighted by Crippen LogP contribution is 2.51. The first kappa shape index (κ1) is 42.5. The Morgan fingerprint density at radius 2 is 0.842 bits per heavy atom. The molecule has 4 heteroatoms. The lowest BCUT2D eigenvalue weighted by Gasteiger charge is -2.35. The number of nitrogens with zero attached hydrogens (tertiary/aromatic N) is 3. The van der Waals surface area contributed by atoms with Crippen LogP contribution in [0.1, 0.15) is 52.7 Å². The van der Waals surface area contributed by atoms with Crippen molar-refractivity contribution < 1.29 is 0 Å². The molecule has 0 spiro atoms. The Bertz CT molecular complexity index is 4840. The molecule has 0 bridgehead atoms. The summed E-state index contributed by atoms with van der Waals surface area (Å²) in [7, 11) is 0. The van der Waals surface area contributed by atoms with E-state index in [2.05, 4.69) is 262 Å². The first-order valence-corrected chi connectivity index (χ1v) is 27.1. The quantitative estimate of drug-likeness (QED) is 0.157. The molecule has 0 fully saturated rings. The van der Waals surface area contributed by atoms with Gasteiger partial charge in [-0.1, -0.05) is 187 Å². The second-order valence-corrected chi connectivity index (χ2v) is 24.1. The SMILES string of the molecule is CC(C)(C)c1ccc2c(c1)c1cc(C(C)(C)C)cc3c1n2-c1cc(-n2c4ccc(-c5ccccc5)cc4c4cc(-c5ccccc5)ccc42)cc2c1B3c1cc3cccc4c3c3c5c(cccc5n-2c13)-c1ccccc1-4. The van der Waals surface area contributed by atoms with Crippen LogP contribution in [-0.2, 0) is 10.8 Å². The van der Waals surface area contributed by atoms with Crippen molar-refractivity contribution in [2.45, 2.75) is 52.4 Å². The molecular weight excluding hydrogens is 918 g/mol. The summed E-state index contributed by atoms with van der Waals surface area (Å²) in [6.07, 6.45) is 0. The third kappa shape index (κ3) is 5.48. The highest BCUT2D eigenvalue weighted by molar-refractivity contribution is 7.00. The van der Waals surface area contributed by atoms with Crippen LogP contribution in [0.5, 0.6) is 0 Å². The number of fused-ring (bicyclic) bond motifs is 14. The van der Waals surface area contributed by atoms with Gasteiger partial charge in [-0.25, -0.2) is 0 Å². The van der Waals surface area contributed by atoms with Crippen molar-refractivity contribution in [2.24, 2.45) is 0 Å². The van der Waals surface area contributed by atoms with Gasteiger partial charge in [0.15, 0.2) is 0 Å². The molecule has 0 atom stereocenters. The van der Waals surface area contributed by atoms with Gasteiger partial charge in [0.2, 0.25) is 0 Å². The second-order valence-electron chi connectivity index (χ2n) is 24.1. The van der Waals surface area contributed by atoms with Gasteiger partial charge in [0.1, 0.15) is 0 Å². The van der Waals surface area contributed by atoms with E-state index >= 15 is 0 Å². The lowest BCUT2D eigenvalue weighted by molar-refractivity contribution is 0.590. The van der Waals surface area contributed by atoms with Crippen molar-refractivity contribution in [3.8, 4) is 61.6 Å². The minimum absolute atomic E-state index is 0.0173.